The third-order valence-electron chi connectivity index (χ3n) is 3.87. The molecule has 26 heavy (non-hydrogen) atoms. The van der Waals surface area contributed by atoms with E-state index >= 15 is 0 Å². The molecule has 0 saturated heterocycles. The van der Waals surface area contributed by atoms with E-state index in [1.807, 2.05) is 48.5 Å². The molecule has 0 aliphatic rings. The van der Waals surface area contributed by atoms with Gasteiger partial charge in [-0.1, -0.05) is 47.6 Å². The number of rotatable bonds is 8. The lowest BCUT2D eigenvalue weighted by molar-refractivity contribution is -0.118. The van der Waals surface area contributed by atoms with Crippen LogP contribution in [0.25, 0.3) is 11.0 Å². The molecule has 0 bridgehead atoms. The van der Waals surface area contributed by atoms with Crippen LogP contribution in [0.5, 0.6) is 0 Å². The lowest BCUT2D eigenvalue weighted by Gasteiger charge is -2.09. The maximum absolute atomic E-state index is 12.2. The number of carbonyl (C=O) groups excluding carboxylic acids is 1. The van der Waals surface area contributed by atoms with Gasteiger partial charge in [0.05, 0.1) is 23.4 Å². The van der Waals surface area contributed by atoms with E-state index in [1.165, 1.54) is 11.8 Å². The van der Waals surface area contributed by atoms with E-state index in [0.717, 1.165) is 21.8 Å². The molecular formula is C19H20ClN3O2S. The number of amides is 1. The topological polar surface area (TPSA) is 56.1 Å². The zero-order valence-electron chi connectivity index (χ0n) is 14.4. The zero-order valence-corrected chi connectivity index (χ0v) is 16.0. The molecule has 1 aromatic heterocycles. The van der Waals surface area contributed by atoms with Crippen LogP contribution in [0.15, 0.2) is 53.7 Å². The molecule has 5 nitrogen and oxygen atoms in total. The van der Waals surface area contributed by atoms with E-state index in [-0.39, 0.29) is 5.91 Å². The largest absolute Gasteiger partial charge is 0.383 e. The fraction of sp³-hybridized carbons (Fsp3) is 0.263. The van der Waals surface area contributed by atoms with Crippen molar-refractivity contribution in [3.8, 4) is 0 Å². The second kappa shape index (κ2) is 9.07. The molecule has 3 aromatic rings. The SMILES string of the molecule is COCCn1c(SCC(=O)NCc2ccc(Cl)cc2)nc2ccccc21. The summed E-state index contributed by atoms with van der Waals surface area (Å²) in [6.45, 7) is 1.78. The number of fused-ring (bicyclic) bond motifs is 1. The van der Waals surface area contributed by atoms with Crippen LogP contribution >= 0.6 is 23.4 Å². The number of hydrogen-bond acceptors (Lipinski definition) is 4. The van der Waals surface area contributed by atoms with Gasteiger partial charge in [0.1, 0.15) is 0 Å². The second-order valence-corrected chi connectivity index (χ2v) is 7.10. The van der Waals surface area contributed by atoms with Gasteiger partial charge in [-0.2, -0.15) is 0 Å². The Kier molecular flexibility index (Phi) is 6.55. The van der Waals surface area contributed by atoms with Crippen molar-refractivity contribution in [3.63, 3.8) is 0 Å². The molecule has 1 N–H and O–H groups in total. The molecule has 1 heterocycles. The predicted molar refractivity (Wildman–Crippen MR) is 106 cm³/mol. The first-order valence-corrected chi connectivity index (χ1v) is 9.62. The Morgan fingerprint density at radius 3 is 2.77 bits per heavy atom. The van der Waals surface area contributed by atoms with Crippen molar-refractivity contribution in [2.75, 3.05) is 19.5 Å². The van der Waals surface area contributed by atoms with E-state index in [1.54, 1.807) is 7.11 Å². The molecule has 0 fully saturated rings. The standard InChI is InChI=1S/C19H20ClN3O2S/c1-25-11-10-23-17-5-3-2-4-16(17)22-19(23)26-13-18(24)21-12-14-6-8-15(20)9-7-14/h2-9H,10-13H2,1H3,(H,21,24). The summed E-state index contributed by atoms with van der Waals surface area (Å²) in [6.07, 6.45) is 0. The quantitative estimate of drug-likeness (QED) is 0.596. The van der Waals surface area contributed by atoms with E-state index in [0.29, 0.717) is 30.5 Å². The van der Waals surface area contributed by atoms with Gasteiger partial charge in [0, 0.05) is 25.2 Å². The summed E-state index contributed by atoms with van der Waals surface area (Å²) in [5.74, 6) is 0.277. The molecule has 0 radical (unpaired) electrons. The molecule has 1 amide bonds. The first-order chi connectivity index (χ1) is 12.7. The number of ether oxygens (including phenoxy) is 1. The minimum atomic E-state index is -0.0321. The second-order valence-electron chi connectivity index (χ2n) is 5.72. The summed E-state index contributed by atoms with van der Waals surface area (Å²) >= 11 is 7.30. The Hall–Kier alpha value is -2.02. The van der Waals surface area contributed by atoms with E-state index in [2.05, 4.69) is 14.9 Å². The number of nitrogens with zero attached hydrogens (tertiary/aromatic N) is 2. The van der Waals surface area contributed by atoms with Gasteiger partial charge in [-0.25, -0.2) is 4.98 Å². The smallest absolute Gasteiger partial charge is 0.230 e. The van der Waals surface area contributed by atoms with Crippen LogP contribution in [-0.2, 0) is 22.6 Å². The van der Waals surface area contributed by atoms with Crippen LogP contribution in [0.3, 0.4) is 0 Å². The average Bonchev–Trinajstić information content (AvgIpc) is 3.01. The Labute approximate surface area is 161 Å². The average molecular weight is 390 g/mol. The molecule has 0 aliphatic heterocycles. The summed E-state index contributed by atoms with van der Waals surface area (Å²) in [4.78, 5) is 16.8. The molecule has 0 spiro atoms. The van der Waals surface area contributed by atoms with Crippen LogP contribution < -0.4 is 5.32 Å². The van der Waals surface area contributed by atoms with Gasteiger partial charge in [0.15, 0.2) is 5.16 Å². The van der Waals surface area contributed by atoms with Crippen molar-refractivity contribution >= 4 is 40.3 Å². The summed E-state index contributed by atoms with van der Waals surface area (Å²) in [5.41, 5.74) is 2.99. The molecular weight excluding hydrogens is 370 g/mol. The van der Waals surface area contributed by atoms with Crippen molar-refractivity contribution in [1.29, 1.82) is 0 Å². The Morgan fingerprint density at radius 1 is 1.23 bits per heavy atom. The third kappa shape index (κ3) is 4.78. The van der Waals surface area contributed by atoms with Gasteiger partial charge in [0.2, 0.25) is 5.91 Å². The highest BCUT2D eigenvalue weighted by Crippen LogP contribution is 2.24. The third-order valence-corrected chi connectivity index (χ3v) is 5.10. The monoisotopic (exact) mass is 389 g/mol. The number of carbonyl (C=O) groups is 1. The fourth-order valence-corrected chi connectivity index (χ4v) is 3.54. The zero-order chi connectivity index (χ0) is 18.4. The molecule has 0 aliphatic carbocycles. The van der Waals surface area contributed by atoms with Crippen molar-refractivity contribution < 1.29 is 9.53 Å². The van der Waals surface area contributed by atoms with Crippen molar-refractivity contribution in [2.45, 2.75) is 18.2 Å². The number of aromatic nitrogens is 2. The minimum absolute atomic E-state index is 0.0321. The molecule has 136 valence electrons. The predicted octanol–water partition coefficient (Wildman–Crippen LogP) is 3.74. The number of methoxy groups -OCH3 is 1. The molecule has 0 unspecified atom stereocenters. The highest BCUT2D eigenvalue weighted by Gasteiger charge is 2.12. The Bertz CT molecular complexity index is 880. The lowest BCUT2D eigenvalue weighted by atomic mass is 10.2. The van der Waals surface area contributed by atoms with Gasteiger partial charge in [-0.05, 0) is 29.8 Å². The fourth-order valence-electron chi connectivity index (χ4n) is 2.55. The summed E-state index contributed by atoms with van der Waals surface area (Å²) in [5, 5.41) is 4.43. The maximum atomic E-state index is 12.2. The van der Waals surface area contributed by atoms with Crippen molar-refractivity contribution in [1.82, 2.24) is 14.9 Å². The number of halogens is 1. The highest BCUT2D eigenvalue weighted by molar-refractivity contribution is 7.99. The van der Waals surface area contributed by atoms with Gasteiger partial charge in [-0.15, -0.1) is 0 Å². The molecule has 2 aromatic carbocycles. The van der Waals surface area contributed by atoms with Crippen LogP contribution in [0, 0.1) is 0 Å². The Morgan fingerprint density at radius 2 is 2.00 bits per heavy atom. The minimum Gasteiger partial charge on any atom is -0.383 e. The van der Waals surface area contributed by atoms with Gasteiger partial charge in [0.25, 0.3) is 0 Å². The van der Waals surface area contributed by atoms with Crippen LogP contribution in [0.1, 0.15) is 5.56 Å². The lowest BCUT2D eigenvalue weighted by Crippen LogP contribution is -2.24. The number of imidazole rings is 1. The highest BCUT2D eigenvalue weighted by atomic mass is 35.5. The molecule has 0 saturated carbocycles. The van der Waals surface area contributed by atoms with Crippen molar-refractivity contribution in [3.05, 3.63) is 59.1 Å². The first kappa shape index (κ1) is 18.8. The molecule has 0 atom stereocenters. The van der Waals surface area contributed by atoms with Gasteiger partial charge >= 0.3 is 0 Å². The molecule has 3 rings (SSSR count). The summed E-state index contributed by atoms with van der Waals surface area (Å²) < 4.78 is 7.29. The van der Waals surface area contributed by atoms with Crippen LogP contribution in [0.2, 0.25) is 5.02 Å². The summed E-state index contributed by atoms with van der Waals surface area (Å²) in [7, 11) is 1.68. The number of benzene rings is 2. The first-order valence-electron chi connectivity index (χ1n) is 8.25. The van der Waals surface area contributed by atoms with Crippen molar-refractivity contribution in [2.24, 2.45) is 0 Å². The number of para-hydroxylation sites is 2. The van der Waals surface area contributed by atoms with Crippen LogP contribution in [-0.4, -0.2) is 34.9 Å². The van der Waals surface area contributed by atoms with E-state index in [9.17, 15) is 4.79 Å². The number of hydrogen-bond donors (Lipinski definition) is 1. The Balaban J connectivity index is 1.61. The van der Waals surface area contributed by atoms with E-state index < -0.39 is 0 Å². The van der Waals surface area contributed by atoms with E-state index in [4.69, 9.17) is 16.3 Å². The van der Waals surface area contributed by atoms with Crippen LogP contribution in [0.4, 0.5) is 0 Å². The number of nitrogens with one attached hydrogen (secondary N) is 1. The van der Waals surface area contributed by atoms with Gasteiger partial charge in [-0.3, -0.25) is 4.79 Å². The normalized spacial score (nSPS) is 11.0. The van der Waals surface area contributed by atoms with Gasteiger partial charge < -0.3 is 14.6 Å². The maximum Gasteiger partial charge on any atom is 0.230 e. The molecule has 7 heteroatoms. The summed E-state index contributed by atoms with van der Waals surface area (Å²) in [6, 6.07) is 15.4. The number of thioether (sulfide) groups is 1.